The van der Waals surface area contributed by atoms with E-state index in [0.717, 1.165) is 11.3 Å². The third-order valence-corrected chi connectivity index (χ3v) is 3.84. The summed E-state index contributed by atoms with van der Waals surface area (Å²) < 4.78 is 5.09. The molecule has 0 bridgehead atoms. The highest BCUT2D eigenvalue weighted by molar-refractivity contribution is 5.97. The molecule has 0 spiro atoms. The topological polar surface area (TPSA) is 84.2 Å². The summed E-state index contributed by atoms with van der Waals surface area (Å²) in [6.45, 7) is 7.61. The van der Waals surface area contributed by atoms with E-state index in [2.05, 4.69) is 15.6 Å². The number of hydrogen-bond donors (Lipinski definition) is 2. The normalized spacial score (nSPS) is 12.0. The summed E-state index contributed by atoms with van der Waals surface area (Å²) >= 11 is 0. The fourth-order valence-electron chi connectivity index (χ4n) is 2.48. The zero-order chi connectivity index (χ0) is 17.7. The lowest BCUT2D eigenvalue weighted by atomic mass is 9.97. The van der Waals surface area contributed by atoms with Gasteiger partial charge in [-0.1, -0.05) is 19.9 Å². The van der Waals surface area contributed by atoms with Gasteiger partial charge in [0.1, 0.15) is 5.76 Å². The second kappa shape index (κ2) is 7.77. The average molecular weight is 329 g/mol. The molecule has 0 aromatic carbocycles. The Balaban J connectivity index is 1.98. The molecular weight excluding hydrogens is 306 g/mol. The lowest BCUT2D eigenvalue weighted by Gasteiger charge is -2.23. The maximum absolute atomic E-state index is 12.2. The van der Waals surface area contributed by atoms with Crippen molar-refractivity contribution in [1.82, 2.24) is 15.6 Å². The molecule has 0 aliphatic heterocycles. The van der Waals surface area contributed by atoms with Gasteiger partial charge >= 0.3 is 0 Å². The number of nitrogens with zero attached hydrogens (tertiary/aromatic N) is 1. The summed E-state index contributed by atoms with van der Waals surface area (Å²) in [5.41, 5.74) is 2.30. The van der Waals surface area contributed by atoms with E-state index < -0.39 is 0 Å². The van der Waals surface area contributed by atoms with Crippen LogP contribution >= 0.6 is 0 Å². The van der Waals surface area contributed by atoms with Crippen molar-refractivity contribution >= 4 is 11.8 Å². The van der Waals surface area contributed by atoms with Crippen LogP contribution in [0.5, 0.6) is 0 Å². The van der Waals surface area contributed by atoms with Crippen molar-refractivity contribution in [3.05, 3.63) is 53.2 Å². The number of hydrogen-bond acceptors (Lipinski definition) is 4. The van der Waals surface area contributed by atoms with Gasteiger partial charge in [0.25, 0.3) is 5.91 Å². The molecule has 2 aromatic rings. The van der Waals surface area contributed by atoms with Crippen LogP contribution in [-0.4, -0.2) is 23.3 Å². The minimum absolute atomic E-state index is 0.0987. The van der Waals surface area contributed by atoms with E-state index in [1.807, 2.05) is 32.9 Å². The lowest BCUT2D eigenvalue weighted by molar-refractivity contribution is -0.121. The van der Waals surface area contributed by atoms with E-state index >= 15 is 0 Å². The number of amides is 2. The minimum Gasteiger partial charge on any atom is -0.469 e. The van der Waals surface area contributed by atoms with Crippen molar-refractivity contribution in [3.63, 3.8) is 0 Å². The van der Waals surface area contributed by atoms with Crippen LogP contribution < -0.4 is 10.6 Å². The SMILES string of the molecule is Cc1cccnc1[C@H](NC(=O)CNC(=O)c1ccoc1C)C(C)C. The summed E-state index contributed by atoms with van der Waals surface area (Å²) in [5.74, 6) is 0.117. The van der Waals surface area contributed by atoms with Gasteiger partial charge in [0.2, 0.25) is 5.91 Å². The van der Waals surface area contributed by atoms with Crippen LogP contribution in [0.15, 0.2) is 35.1 Å². The van der Waals surface area contributed by atoms with Gasteiger partial charge < -0.3 is 15.1 Å². The Hall–Kier alpha value is -2.63. The van der Waals surface area contributed by atoms with Crippen molar-refractivity contribution in [1.29, 1.82) is 0 Å². The monoisotopic (exact) mass is 329 g/mol. The van der Waals surface area contributed by atoms with Crippen molar-refractivity contribution in [3.8, 4) is 0 Å². The van der Waals surface area contributed by atoms with Gasteiger partial charge in [0.05, 0.1) is 30.1 Å². The van der Waals surface area contributed by atoms with Gasteiger partial charge in [-0.3, -0.25) is 14.6 Å². The molecular formula is C18H23N3O3. The van der Waals surface area contributed by atoms with E-state index in [9.17, 15) is 9.59 Å². The molecule has 2 aromatic heterocycles. The van der Waals surface area contributed by atoms with E-state index in [4.69, 9.17) is 4.42 Å². The summed E-state index contributed by atoms with van der Waals surface area (Å²) in [7, 11) is 0. The number of aryl methyl sites for hydroxylation is 2. The molecule has 2 amide bonds. The largest absolute Gasteiger partial charge is 0.469 e. The number of rotatable bonds is 6. The number of carbonyl (C=O) groups is 2. The minimum atomic E-state index is -0.327. The smallest absolute Gasteiger partial charge is 0.255 e. The standard InChI is InChI=1S/C18H23N3O3/c1-11(2)16(17-12(3)6-5-8-19-17)21-15(22)10-20-18(23)14-7-9-24-13(14)4/h5-9,11,16H,10H2,1-4H3,(H,20,23)(H,21,22)/t16-/m1/s1. The summed E-state index contributed by atoms with van der Waals surface area (Å²) in [4.78, 5) is 28.6. The molecule has 2 rings (SSSR count). The highest BCUT2D eigenvalue weighted by atomic mass is 16.3. The highest BCUT2D eigenvalue weighted by Crippen LogP contribution is 2.22. The van der Waals surface area contributed by atoms with Crippen LogP contribution in [0.25, 0.3) is 0 Å². The molecule has 0 radical (unpaired) electrons. The molecule has 0 fully saturated rings. The molecule has 2 N–H and O–H groups in total. The number of pyridine rings is 1. The molecule has 2 heterocycles. The maximum atomic E-state index is 12.2. The zero-order valence-corrected chi connectivity index (χ0v) is 14.4. The maximum Gasteiger partial charge on any atom is 0.255 e. The second-order valence-electron chi connectivity index (χ2n) is 6.07. The predicted molar refractivity (Wildman–Crippen MR) is 90.5 cm³/mol. The first kappa shape index (κ1) is 17.7. The average Bonchev–Trinajstić information content (AvgIpc) is 2.97. The van der Waals surface area contributed by atoms with E-state index in [1.54, 1.807) is 19.2 Å². The third kappa shape index (κ3) is 4.22. The molecule has 0 saturated heterocycles. The summed E-state index contributed by atoms with van der Waals surface area (Å²) in [6.07, 6.45) is 3.16. The molecule has 0 saturated carbocycles. The number of carbonyl (C=O) groups excluding carboxylic acids is 2. The fourth-order valence-corrected chi connectivity index (χ4v) is 2.48. The van der Waals surface area contributed by atoms with Crippen LogP contribution in [0.4, 0.5) is 0 Å². The van der Waals surface area contributed by atoms with Crippen LogP contribution in [0.1, 0.15) is 47.3 Å². The molecule has 0 unspecified atom stereocenters. The highest BCUT2D eigenvalue weighted by Gasteiger charge is 2.21. The van der Waals surface area contributed by atoms with E-state index in [0.29, 0.717) is 11.3 Å². The van der Waals surface area contributed by atoms with Gasteiger partial charge in [-0.25, -0.2) is 0 Å². The first-order valence-electron chi connectivity index (χ1n) is 7.93. The summed E-state index contributed by atoms with van der Waals surface area (Å²) in [5, 5.41) is 5.55. The predicted octanol–water partition coefficient (Wildman–Crippen LogP) is 2.53. The lowest BCUT2D eigenvalue weighted by Crippen LogP contribution is -2.40. The van der Waals surface area contributed by atoms with E-state index in [-0.39, 0.29) is 30.3 Å². The molecule has 6 nitrogen and oxygen atoms in total. The van der Waals surface area contributed by atoms with E-state index in [1.165, 1.54) is 6.26 Å². The Morgan fingerprint density at radius 3 is 2.58 bits per heavy atom. The van der Waals surface area contributed by atoms with Crippen LogP contribution in [0, 0.1) is 19.8 Å². The zero-order valence-electron chi connectivity index (χ0n) is 14.4. The van der Waals surface area contributed by atoms with Crippen molar-refractivity contribution in [2.45, 2.75) is 33.7 Å². The molecule has 0 aliphatic carbocycles. The Morgan fingerprint density at radius 1 is 1.25 bits per heavy atom. The molecule has 6 heteroatoms. The third-order valence-electron chi connectivity index (χ3n) is 3.84. The Morgan fingerprint density at radius 2 is 2.00 bits per heavy atom. The number of nitrogens with one attached hydrogen (secondary N) is 2. The number of furan rings is 1. The molecule has 1 atom stereocenters. The Bertz CT molecular complexity index is 722. The van der Waals surface area contributed by atoms with Gasteiger partial charge in [-0.15, -0.1) is 0 Å². The second-order valence-corrected chi connectivity index (χ2v) is 6.07. The Labute approximate surface area is 141 Å². The Kier molecular flexibility index (Phi) is 5.73. The molecule has 24 heavy (non-hydrogen) atoms. The van der Waals surface area contributed by atoms with Gasteiger partial charge in [-0.2, -0.15) is 0 Å². The van der Waals surface area contributed by atoms with Crippen LogP contribution in [-0.2, 0) is 4.79 Å². The quantitative estimate of drug-likeness (QED) is 0.853. The first-order valence-corrected chi connectivity index (χ1v) is 7.93. The molecule has 0 aliphatic rings. The van der Waals surface area contributed by atoms with Crippen molar-refractivity contribution in [2.24, 2.45) is 5.92 Å². The fraction of sp³-hybridized carbons (Fsp3) is 0.389. The summed E-state index contributed by atoms with van der Waals surface area (Å²) in [6, 6.07) is 5.21. The van der Waals surface area contributed by atoms with Gasteiger partial charge in [0.15, 0.2) is 0 Å². The first-order chi connectivity index (χ1) is 11.4. The van der Waals surface area contributed by atoms with Crippen molar-refractivity contribution < 1.29 is 14.0 Å². The van der Waals surface area contributed by atoms with Gasteiger partial charge in [-0.05, 0) is 37.5 Å². The van der Waals surface area contributed by atoms with Crippen LogP contribution in [0.3, 0.4) is 0 Å². The number of aromatic nitrogens is 1. The van der Waals surface area contributed by atoms with Gasteiger partial charge in [0, 0.05) is 6.20 Å². The van der Waals surface area contributed by atoms with Crippen molar-refractivity contribution in [2.75, 3.05) is 6.54 Å². The molecule has 128 valence electrons. The van der Waals surface area contributed by atoms with Crippen LogP contribution in [0.2, 0.25) is 0 Å².